The molecule has 3 N–H and O–H groups in total. The zero-order valence-corrected chi connectivity index (χ0v) is 12.0. The van der Waals surface area contributed by atoms with E-state index >= 15 is 0 Å². The zero-order chi connectivity index (χ0) is 14.3. The molecule has 1 rings (SSSR count). The topological polar surface area (TPSA) is 64.4 Å². The van der Waals surface area contributed by atoms with Crippen LogP contribution in [-0.2, 0) is 16.1 Å². The summed E-state index contributed by atoms with van der Waals surface area (Å²) in [7, 11) is 0. The normalized spacial score (nSPS) is 13.1. The number of nitrogens with one attached hydrogen (secondary N) is 1. The van der Waals surface area contributed by atoms with Crippen LogP contribution in [0.25, 0.3) is 0 Å². The molecule has 1 atom stereocenters. The third-order valence-electron chi connectivity index (χ3n) is 2.87. The van der Waals surface area contributed by atoms with Crippen LogP contribution in [0.3, 0.4) is 0 Å². The molecule has 0 saturated carbocycles. The van der Waals surface area contributed by atoms with Crippen LogP contribution in [0.15, 0.2) is 30.3 Å². The summed E-state index contributed by atoms with van der Waals surface area (Å²) in [5, 5.41) is 2.79. The van der Waals surface area contributed by atoms with E-state index in [1.54, 1.807) is 0 Å². The maximum atomic E-state index is 11.7. The minimum absolute atomic E-state index is 0.129. The van der Waals surface area contributed by atoms with E-state index in [9.17, 15) is 4.79 Å². The lowest BCUT2D eigenvalue weighted by atomic mass is 9.87. The van der Waals surface area contributed by atoms with E-state index in [0.717, 1.165) is 5.56 Å². The van der Waals surface area contributed by atoms with E-state index < -0.39 is 6.04 Å². The van der Waals surface area contributed by atoms with Crippen molar-refractivity contribution in [1.29, 1.82) is 0 Å². The molecule has 0 aromatic heterocycles. The molecule has 106 valence electrons. The summed E-state index contributed by atoms with van der Waals surface area (Å²) in [5.41, 5.74) is 6.75. The lowest BCUT2D eigenvalue weighted by molar-refractivity contribution is -0.124. The molecule has 19 heavy (non-hydrogen) atoms. The van der Waals surface area contributed by atoms with Crippen molar-refractivity contribution in [2.24, 2.45) is 11.1 Å². The second-order valence-corrected chi connectivity index (χ2v) is 5.67. The SMILES string of the molecule is CC(C)(C)[C@H](N)C(=O)NCCOCc1ccccc1. The van der Waals surface area contributed by atoms with Gasteiger partial charge in [-0.1, -0.05) is 51.1 Å². The number of carbonyl (C=O) groups excluding carboxylic acids is 1. The van der Waals surface area contributed by atoms with Crippen LogP contribution >= 0.6 is 0 Å². The first kappa shape index (κ1) is 15.7. The number of amides is 1. The van der Waals surface area contributed by atoms with E-state index in [4.69, 9.17) is 10.5 Å². The summed E-state index contributed by atoms with van der Waals surface area (Å²) in [4.78, 5) is 11.7. The van der Waals surface area contributed by atoms with Crippen LogP contribution in [-0.4, -0.2) is 25.1 Å². The Labute approximate surface area is 115 Å². The average Bonchev–Trinajstić information content (AvgIpc) is 2.37. The summed E-state index contributed by atoms with van der Waals surface area (Å²) in [6, 6.07) is 9.44. The van der Waals surface area contributed by atoms with E-state index in [1.165, 1.54) is 0 Å². The van der Waals surface area contributed by atoms with Crippen molar-refractivity contribution in [3.8, 4) is 0 Å². The number of rotatable bonds is 6. The van der Waals surface area contributed by atoms with Crippen LogP contribution in [0.4, 0.5) is 0 Å². The monoisotopic (exact) mass is 264 g/mol. The van der Waals surface area contributed by atoms with E-state index in [1.807, 2.05) is 51.1 Å². The Hall–Kier alpha value is -1.39. The van der Waals surface area contributed by atoms with Gasteiger partial charge in [-0.25, -0.2) is 0 Å². The van der Waals surface area contributed by atoms with E-state index in [0.29, 0.717) is 19.8 Å². The molecule has 1 amide bonds. The minimum Gasteiger partial charge on any atom is -0.375 e. The van der Waals surface area contributed by atoms with Gasteiger partial charge in [0.1, 0.15) is 0 Å². The lowest BCUT2D eigenvalue weighted by Crippen LogP contribution is -2.49. The van der Waals surface area contributed by atoms with Gasteiger partial charge in [0.05, 0.1) is 19.3 Å². The van der Waals surface area contributed by atoms with E-state index in [-0.39, 0.29) is 11.3 Å². The number of benzene rings is 1. The molecule has 0 aliphatic rings. The highest BCUT2D eigenvalue weighted by Gasteiger charge is 2.26. The predicted octanol–water partition coefficient (Wildman–Crippen LogP) is 1.69. The standard InChI is InChI=1S/C15H24N2O2/c1-15(2,3)13(16)14(18)17-9-10-19-11-12-7-5-4-6-8-12/h4-8,13H,9-11,16H2,1-3H3,(H,17,18)/t13-/m1/s1. The van der Waals surface area contributed by atoms with Gasteiger partial charge in [-0.2, -0.15) is 0 Å². The molecule has 4 nitrogen and oxygen atoms in total. The molecule has 0 unspecified atom stereocenters. The molecule has 0 bridgehead atoms. The van der Waals surface area contributed by atoms with Crippen LogP contribution in [0, 0.1) is 5.41 Å². The van der Waals surface area contributed by atoms with E-state index in [2.05, 4.69) is 5.32 Å². The Kier molecular flexibility index (Phi) is 5.99. The first-order valence-corrected chi connectivity index (χ1v) is 6.56. The van der Waals surface area contributed by atoms with Gasteiger partial charge >= 0.3 is 0 Å². The molecule has 0 heterocycles. The highest BCUT2D eigenvalue weighted by molar-refractivity contribution is 5.82. The first-order valence-electron chi connectivity index (χ1n) is 6.56. The number of ether oxygens (including phenoxy) is 1. The summed E-state index contributed by atoms with van der Waals surface area (Å²) >= 11 is 0. The third kappa shape index (κ3) is 5.85. The molecule has 1 aromatic rings. The fourth-order valence-corrected chi connectivity index (χ4v) is 1.51. The number of hydrogen-bond acceptors (Lipinski definition) is 3. The van der Waals surface area contributed by atoms with Gasteiger partial charge in [0.2, 0.25) is 5.91 Å². The molecule has 0 radical (unpaired) electrons. The Morgan fingerprint density at radius 1 is 1.32 bits per heavy atom. The average molecular weight is 264 g/mol. The van der Waals surface area contributed by atoms with Crippen molar-refractivity contribution in [3.05, 3.63) is 35.9 Å². The fraction of sp³-hybridized carbons (Fsp3) is 0.533. The van der Waals surface area contributed by atoms with Crippen LogP contribution in [0.5, 0.6) is 0 Å². The molecular formula is C15H24N2O2. The van der Waals surface area contributed by atoms with Crippen LogP contribution in [0.2, 0.25) is 0 Å². The minimum atomic E-state index is -0.498. The van der Waals surface area contributed by atoms with Crippen molar-refractivity contribution < 1.29 is 9.53 Å². The molecule has 0 saturated heterocycles. The summed E-state index contributed by atoms with van der Waals surface area (Å²) in [5.74, 6) is -0.129. The molecule has 0 spiro atoms. The smallest absolute Gasteiger partial charge is 0.237 e. The molecule has 0 aliphatic carbocycles. The lowest BCUT2D eigenvalue weighted by Gasteiger charge is -2.25. The third-order valence-corrected chi connectivity index (χ3v) is 2.87. The largest absolute Gasteiger partial charge is 0.375 e. The zero-order valence-electron chi connectivity index (χ0n) is 12.0. The molecule has 1 aromatic carbocycles. The highest BCUT2D eigenvalue weighted by Crippen LogP contribution is 2.16. The fourth-order valence-electron chi connectivity index (χ4n) is 1.51. The van der Waals surface area contributed by atoms with Crippen molar-refractivity contribution in [1.82, 2.24) is 5.32 Å². The Morgan fingerprint density at radius 3 is 2.53 bits per heavy atom. The molecule has 0 fully saturated rings. The Balaban J connectivity index is 2.16. The van der Waals surface area contributed by atoms with Gasteiger partial charge in [-0.15, -0.1) is 0 Å². The van der Waals surface area contributed by atoms with Crippen molar-refractivity contribution >= 4 is 5.91 Å². The van der Waals surface area contributed by atoms with Crippen LogP contribution in [0.1, 0.15) is 26.3 Å². The second-order valence-electron chi connectivity index (χ2n) is 5.67. The summed E-state index contributed by atoms with van der Waals surface area (Å²) in [6.45, 7) is 7.37. The Morgan fingerprint density at radius 2 is 1.95 bits per heavy atom. The van der Waals surface area contributed by atoms with Gasteiger partial charge in [-0.3, -0.25) is 4.79 Å². The first-order chi connectivity index (χ1) is 8.91. The van der Waals surface area contributed by atoms with Crippen molar-refractivity contribution in [3.63, 3.8) is 0 Å². The summed E-state index contributed by atoms with van der Waals surface area (Å²) < 4.78 is 5.48. The maximum Gasteiger partial charge on any atom is 0.237 e. The van der Waals surface area contributed by atoms with Gasteiger partial charge in [0.15, 0.2) is 0 Å². The molecular weight excluding hydrogens is 240 g/mol. The summed E-state index contributed by atoms with van der Waals surface area (Å²) in [6.07, 6.45) is 0. The number of nitrogens with two attached hydrogens (primary N) is 1. The molecule has 0 aliphatic heterocycles. The number of carbonyl (C=O) groups is 1. The Bertz CT molecular complexity index is 385. The second kappa shape index (κ2) is 7.26. The quantitative estimate of drug-likeness (QED) is 0.769. The van der Waals surface area contributed by atoms with Crippen LogP contribution < -0.4 is 11.1 Å². The highest BCUT2D eigenvalue weighted by atomic mass is 16.5. The van der Waals surface area contributed by atoms with Crippen molar-refractivity contribution in [2.75, 3.05) is 13.2 Å². The van der Waals surface area contributed by atoms with Gasteiger partial charge in [0, 0.05) is 6.54 Å². The van der Waals surface area contributed by atoms with Gasteiger partial charge < -0.3 is 15.8 Å². The molecule has 4 heteroatoms. The van der Waals surface area contributed by atoms with Crippen molar-refractivity contribution in [2.45, 2.75) is 33.4 Å². The maximum absolute atomic E-state index is 11.7. The number of hydrogen-bond donors (Lipinski definition) is 2. The predicted molar refractivity (Wildman–Crippen MR) is 76.5 cm³/mol. The van der Waals surface area contributed by atoms with Gasteiger partial charge in [-0.05, 0) is 11.0 Å². The van der Waals surface area contributed by atoms with Gasteiger partial charge in [0.25, 0.3) is 0 Å².